The summed E-state index contributed by atoms with van der Waals surface area (Å²) in [6, 6.07) is 0. The zero-order chi connectivity index (χ0) is 14.0. The van der Waals surface area contributed by atoms with E-state index >= 15 is 0 Å². The number of rotatable bonds is 3. The standard InChI is InChI=1S/C15H16N2O2/c1-3-10(16)9-11(4-2)17-14(18)12-7-5-6-8-13(12)15(17)19/h3-5,7,9H,2,6,8,16H2,1H3/b10-3+,11-9+. The normalized spacial score (nSPS) is 20.2. The monoisotopic (exact) mass is 256 g/mol. The third-order valence-corrected chi connectivity index (χ3v) is 3.18. The summed E-state index contributed by atoms with van der Waals surface area (Å²) in [6.45, 7) is 5.43. The Bertz CT molecular complexity index is 577. The Morgan fingerprint density at radius 1 is 1.42 bits per heavy atom. The molecule has 0 fully saturated rings. The quantitative estimate of drug-likeness (QED) is 0.620. The molecule has 0 aromatic heterocycles. The minimum absolute atomic E-state index is 0.264. The maximum atomic E-state index is 12.3. The lowest BCUT2D eigenvalue weighted by atomic mass is 10.00. The zero-order valence-electron chi connectivity index (χ0n) is 10.8. The summed E-state index contributed by atoms with van der Waals surface area (Å²) in [5.74, 6) is -0.564. The fourth-order valence-corrected chi connectivity index (χ4v) is 2.14. The number of hydrogen-bond donors (Lipinski definition) is 1. The van der Waals surface area contributed by atoms with Gasteiger partial charge in [0.2, 0.25) is 0 Å². The number of nitrogens with zero attached hydrogens (tertiary/aromatic N) is 1. The zero-order valence-corrected chi connectivity index (χ0v) is 10.8. The minimum atomic E-state index is -0.300. The second kappa shape index (κ2) is 5.10. The summed E-state index contributed by atoms with van der Waals surface area (Å²) in [5, 5.41) is 0. The van der Waals surface area contributed by atoms with E-state index in [0.29, 0.717) is 29.0 Å². The van der Waals surface area contributed by atoms with Gasteiger partial charge in [-0.15, -0.1) is 0 Å². The van der Waals surface area contributed by atoms with E-state index in [1.807, 2.05) is 6.08 Å². The maximum absolute atomic E-state index is 12.3. The summed E-state index contributed by atoms with van der Waals surface area (Å²) >= 11 is 0. The van der Waals surface area contributed by atoms with Crippen molar-refractivity contribution >= 4 is 11.8 Å². The van der Waals surface area contributed by atoms with Crippen LogP contribution in [0.1, 0.15) is 19.8 Å². The lowest BCUT2D eigenvalue weighted by Crippen LogP contribution is -2.30. The second-order valence-corrected chi connectivity index (χ2v) is 4.34. The molecular formula is C15H16N2O2. The summed E-state index contributed by atoms with van der Waals surface area (Å²) in [6.07, 6.45) is 9.76. The van der Waals surface area contributed by atoms with Gasteiger partial charge in [-0.25, -0.2) is 4.90 Å². The number of nitrogens with two attached hydrogens (primary N) is 1. The number of carbonyl (C=O) groups excluding carboxylic acids is 2. The summed E-state index contributed by atoms with van der Waals surface area (Å²) < 4.78 is 0. The molecule has 1 aliphatic carbocycles. The van der Waals surface area contributed by atoms with E-state index in [-0.39, 0.29) is 11.8 Å². The molecular weight excluding hydrogens is 240 g/mol. The van der Waals surface area contributed by atoms with E-state index in [2.05, 4.69) is 6.58 Å². The number of hydrogen-bond acceptors (Lipinski definition) is 3. The van der Waals surface area contributed by atoms with Crippen molar-refractivity contribution in [2.45, 2.75) is 19.8 Å². The van der Waals surface area contributed by atoms with Crippen LogP contribution in [0.15, 0.2) is 59.5 Å². The lowest BCUT2D eigenvalue weighted by molar-refractivity contribution is -0.134. The number of allylic oxidation sites excluding steroid dienone is 4. The first-order valence-corrected chi connectivity index (χ1v) is 6.14. The summed E-state index contributed by atoms with van der Waals surface area (Å²) in [7, 11) is 0. The van der Waals surface area contributed by atoms with Gasteiger partial charge in [0.15, 0.2) is 0 Å². The smallest absolute Gasteiger partial charge is 0.265 e. The Kier molecular flexibility index (Phi) is 3.51. The average Bonchev–Trinajstić information content (AvgIpc) is 2.69. The average molecular weight is 256 g/mol. The highest BCUT2D eigenvalue weighted by Crippen LogP contribution is 2.31. The van der Waals surface area contributed by atoms with Crippen LogP contribution in [0.25, 0.3) is 0 Å². The van der Waals surface area contributed by atoms with Gasteiger partial charge in [0, 0.05) is 16.8 Å². The largest absolute Gasteiger partial charge is 0.399 e. The van der Waals surface area contributed by atoms with Crippen molar-refractivity contribution in [3.05, 3.63) is 59.5 Å². The topological polar surface area (TPSA) is 63.4 Å². The van der Waals surface area contributed by atoms with Gasteiger partial charge in [0.05, 0.1) is 5.70 Å². The van der Waals surface area contributed by atoms with Gasteiger partial charge in [0.25, 0.3) is 11.8 Å². The van der Waals surface area contributed by atoms with Gasteiger partial charge >= 0.3 is 0 Å². The van der Waals surface area contributed by atoms with E-state index in [0.717, 1.165) is 11.3 Å². The van der Waals surface area contributed by atoms with Gasteiger partial charge in [-0.2, -0.15) is 0 Å². The highest BCUT2D eigenvalue weighted by molar-refractivity contribution is 6.22. The summed E-state index contributed by atoms with van der Waals surface area (Å²) in [5.41, 5.74) is 7.68. The maximum Gasteiger partial charge on any atom is 0.265 e. The molecule has 0 aromatic rings. The van der Waals surface area contributed by atoms with Crippen molar-refractivity contribution in [2.24, 2.45) is 5.73 Å². The predicted molar refractivity (Wildman–Crippen MR) is 73.5 cm³/mol. The highest BCUT2D eigenvalue weighted by Gasteiger charge is 2.38. The lowest BCUT2D eigenvalue weighted by Gasteiger charge is -2.16. The fraction of sp³-hybridized carbons (Fsp3) is 0.200. The van der Waals surface area contributed by atoms with Crippen molar-refractivity contribution < 1.29 is 9.59 Å². The molecule has 2 rings (SSSR count). The van der Waals surface area contributed by atoms with Crippen molar-refractivity contribution in [3.8, 4) is 0 Å². The molecule has 0 saturated heterocycles. The van der Waals surface area contributed by atoms with E-state index in [1.165, 1.54) is 6.08 Å². The number of amides is 2. The van der Waals surface area contributed by atoms with Crippen LogP contribution in [-0.4, -0.2) is 16.7 Å². The Balaban J connectivity index is 2.41. The molecule has 0 radical (unpaired) electrons. The van der Waals surface area contributed by atoms with E-state index in [9.17, 15) is 9.59 Å². The van der Waals surface area contributed by atoms with Gasteiger partial charge in [-0.1, -0.05) is 24.8 Å². The molecule has 2 aliphatic rings. The van der Waals surface area contributed by atoms with Gasteiger partial charge < -0.3 is 5.73 Å². The van der Waals surface area contributed by atoms with Crippen molar-refractivity contribution in [2.75, 3.05) is 0 Å². The van der Waals surface area contributed by atoms with E-state index in [1.54, 1.807) is 25.2 Å². The molecule has 0 atom stereocenters. The summed E-state index contributed by atoms with van der Waals surface area (Å²) in [4.78, 5) is 25.7. The molecule has 2 N–H and O–H groups in total. The van der Waals surface area contributed by atoms with Crippen LogP contribution in [0.3, 0.4) is 0 Å². The Morgan fingerprint density at radius 2 is 2.16 bits per heavy atom. The molecule has 1 aliphatic heterocycles. The fourth-order valence-electron chi connectivity index (χ4n) is 2.14. The molecule has 98 valence electrons. The van der Waals surface area contributed by atoms with Crippen molar-refractivity contribution in [1.29, 1.82) is 0 Å². The Hall–Kier alpha value is -2.36. The SMILES string of the molecule is C=C/C(=C\C(N)=C/C)N1C(=O)C2=C(CCC=C2)C1=O. The molecule has 0 bridgehead atoms. The Labute approximate surface area is 112 Å². The van der Waals surface area contributed by atoms with E-state index < -0.39 is 0 Å². The highest BCUT2D eigenvalue weighted by atomic mass is 16.2. The van der Waals surface area contributed by atoms with Crippen LogP contribution in [0.2, 0.25) is 0 Å². The number of imide groups is 1. The Morgan fingerprint density at radius 3 is 2.74 bits per heavy atom. The third-order valence-electron chi connectivity index (χ3n) is 3.18. The predicted octanol–water partition coefficient (Wildman–Crippen LogP) is 1.93. The third kappa shape index (κ3) is 2.17. The number of carbonyl (C=O) groups is 2. The molecule has 0 unspecified atom stereocenters. The van der Waals surface area contributed by atoms with Crippen LogP contribution in [-0.2, 0) is 9.59 Å². The van der Waals surface area contributed by atoms with Crippen LogP contribution >= 0.6 is 0 Å². The minimum Gasteiger partial charge on any atom is -0.399 e. The van der Waals surface area contributed by atoms with E-state index in [4.69, 9.17) is 5.73 Å². The molecule has 0 aromatic carbocycles. The van der Waals surface area contributed by atoms with Gasteiger partial charge in [-0.05, 0) is 31.9 Å². The van der Waals surface area contributed by atoms with Crippen LogP contribution < -0.4 is 5.73 Å². The van der Waals surface area contributed by atoms with Gasteiger partial charge in [0.1, 0.15) is 0 Å². The molecule has 4 heteroatoms. The molecule has 2 amide bonds. The van der Waals surface area contributed by atoms with Crippen LogP contribution in [0, 0.1) is 0 Å². The molecule has 1 heterocycles. The van der Waals surface area contributed by atoms with Gasteiger partial charge in [-0.3, -0.25) is 9.59 Å². The first kappa shape index (κ1) is 13.1. The first-order valence-electron chi connectivity index (χ1n) is 6.14. The molecule has 0 saturated carbocycles. The van der Waals surface area contributed by atoms with Crippen molar-refractivity contribution in [1.82, 2.24) is 4.90 Å². The van der Waals surface area contributed by atoms with Crippen LogP contribution in [0.5, 0.6) is 0 Å². The molecule has 19 heavy (non-hydrogen) atoms. The second-order valence-electron chi connectivity index (χ2n) is 4.34. The van der Waals surface area contributed by atoms with Crippen molar-refractivity contribution in [3.63, 3.8) is 0 Å². The molecule has 0 spiro atoms. The first-order chi connectivity index (χ1) is 9.10. The molecule has 4 nitrogen and oxygen atoms in total. The van der Waals surface area contributed by atoms with Crippen LogP contribution in [0.4, 0.5) is 0 Å².